The predicted octanol–water partition coefficient (Wildman–Crippen LogP) is 2.96. The maximum Gasteiger partial charge on any atom is 0.356 e. The highest BCUT2D eigenvalue weighted by Gasteiger charge is 2.22. The molecule has 2 aromatic carbocycles. The van der Waals surface area contributed by atoms with Crippen LogP contribution in [-0.2, 0) is 4.74 Å². The van der Waals surface area contributed by atoms with Crippen LogP contribution in [0.4, 0.5) is 0 Å². The number of hydrogen-bond acceptors (Lipinski definition) is 5. The van der Waals surface area contributed by atoms with Gasteiger partial charge in [-0.05, 0) is 11.1 Å². The Morgan fingerprint density at radius 1 is 1.12 bits per heavy atom. The van der Waals surface area contributed by atoms with Gasteiger partial charge < -0.3 is 14.5 Å². The molecule has 0 aliphatic heterocycles. The zero-order valence-corrected chi connectivity index (χ0v) is 13.9. The van der Waals surface area contributed by atoms with E-state index in [4.69, 9.17) is 20.1 Å². The van der Waals surface area contributed by atoms with Crippen LogP contribution < -0.4 is 0 Å². The van der Waals surface area contributed by atoms with Crippen molar-refractivity contribution < 1.29 is 19.8 Å². The van der Waals surface area contributed by atoms with Crippen LogP contribution in [0.5, 0.6) is 0 Å². The van der Waals surface area contributed by atoms with Gasteiger partial charge >= 0.3 is 5.97 Å². The fourth-order valence-electron chi connectivity index (χ4n) is 2.56. The summed E-state index contributed by atoms with van der Waals surface area (Å²) in [5.41, 5.74) is 2.59. The van der Waals surface area contributed by atoms with Crippen molar-refractivity contribution in [3.8, 4) is 0 Å². The second kappa shape index (κ2) is 8.97. The zero-order valence-electron chi connectivity index (χ0n) is 13.9. The molecule has 0 amide bonds. The molecule has 0 saturated heterocycles. The van der Waals surface area contributed by atoms with Crippen LogP contribution in [0.1, 0.15) is 27.7 Å². The van der Waals surface area contributed by atoms with Gasteiger partial charge in [-0.25, -0.2) is 9.78 Å². The van der Waals surface area contributed by atoms with E-state index in [0.717, 1.165) is 11.1 Å². The number of imidazole rings is 1. The van der Waals surface area contributed by atoms with E-state index < -0.39 is 11.1 Å². The normalized spacial score (nSPS) is 9.92. The third-order valence-corrected chi connectivity index (χ3v) is 3.57. The van der Waals surface area contributed by atoms with Gasteiger partial charge in [0.05, 0.1) is 25.7 Å². The second-order valence-electron chi connectivity index (χ2n) is 5.14. The molecule has 0 bridgehead atoms. The maximum atomic E-state index is 12.0. The Labute approximate surface area is 149 Å². The molecule has 1 aromatic heterocycles. The number of benzene rings is 2. The Morgan fingerprint density at radius 3 is 2.00 bits per heavy atom. The number of ether oxygens (including phenoxy) is 1. The van der Waals surface area contributed by atoms with Gasteiger partial charge in [0.2, 0.25) is 0 Å². The minimum Gasteiger partial charge on any atom is -0.464 e. The van der Waals surface area contributed by atoms with Crippen molar-refractivity contribution in [2.45, 2.75) is 6.04 Å². The van der Waals surface area contributed by atoms with Gasteiger partial charge in [-0.15, -0.1) is 10.1 Å². The molecule has 26 heavy (non-hydrogen) atoms. The van der Waals surface area contributed by atoms with Crippen molar-refractivity contribution in [2.24, 2.45) is 0 Å². The highest BCUT2D eigenvalue weighted by molar-refractivity contribution is 5.87. The topological polar surface area (TPSA) is 107 Å². The predicted molar refractivity (Wildman–Crippen MR) is 92.5 cm³/mol. The summed E-state index contributed by atoms with van der Waals surface area (Å²) in [5, 5.41) is 13.6. The first-order valence-corrected chi connectivity index (χ1v) is 7.58. The van der Waals surface area contributed by atoms with Crippen molar-refractivity contribution >= 4 is 5.97 Å². The van der Waals surface area contributed by atoms with Gasteiger partial charge in [-0.1, -0.05) is 60.7 Å². The number of rotatable bonds is 4. The summed E-state index contributed by atoms with van der Waals surface area (Å²) in [6, 6.07) is 19.9. The van der Waals surface area contributed by atoms with E-state index >= 15 is 0 Å². The summed E-state index contributed by atoms with van der Waals surface area (Å²) in [7, 11) is 1.37. The smallest absolute Gasteiger partial charge is 0.356 e. The zero-order chi connectivity index (χ0) is 18.9. The molecule has 134 valence electrons. The van der Waals surface area contributed by atoms with E-state index in [1.807, 2.05) is 65.2 Å². The molecule has 3 rings (SSSR count). The van der Waals surface area contributed by atoms with Gasteiger partial charge in [-0.3, -0.25) is 0 Å². The minimum absolute atomic E-state index is 0.126. The average molecular weight is 355 g/mol. The van der Waals surface area contributed by atoms with Gasteiger partial charge in [0.25, 0.3) is 5.09 Å². The summed E-state index contributed by atoms with van der Waals surface area (Å²) in [4.78, 5) is 24.5. The molecule has 3 aromatic rings. The highest BCUT2D eigenvalue weighted by Crippen LogP contribution is 2.27. The summed E-state index contributed by atoms with van der Waals surface area (Å²) >= 11 is 0. The summed E-state index contributed by atoms with van der Waals surface area (Å²) < 4.78 is 6.70. The number of methoxy groups -OCH3 is 1. The Morgan fingerprint density at radius 2 is 1.58 bits per heavy atom. The van der Waals surface area contributed by atoms with E-state index in [0.29, 0.717) is 5.69 Å². The lowest BCUT2D eigenvalue weighted by molar-refractivity contribution is -0.742. The second-order valence-corrected chi connectivity index (χ2v) is 5.14. The van der Waals surface area contributed by atoms with E-state index in [-0.39, 0.29) is 6.04 Å². The summed E-state index contributed by atoms with van der Waals surface area (Å²) in [5.74, 6) is -0.394. The molecule has 0 saturated carbocycles. The molecule has 0 fully saturated rings. The van der Waals surface area contributed by atoms with E-state index in [1.165, 1.54) is 13.3 Å². The van der Waals surface area contributed by atoms with Gasteiger partial charge in [0.15, 0.2) is 0 Å². The van der Waals surface area contributed by atoms with Gasteiger partial charge in [0, 0.05) is 0 Å². The highest BCUT2D eigenvalue weighted by atomic mass is 16.9. The van der Waals surface area contributed by atoms with Crippen LogP contribution >= 0.6 is 0 Å². The molecule has 0 radical (unpaired) electrons. The minimum atomic E-state index is -1.50. The third kappa shape index (κ3) is 4.67. The van der Waals surface area contributed by atoms with Crippen LogP contribution in [0.15, 0.2) is 73.2 Å². The first-order chi connectivity index (χ1) is 12.5. The van der Waals surface area contributed by atoms with Crippen molar-refractivity contribution in [1.29, 1.82) is 0 Å². The fourth-order valence-corrected chi connectivity index (χ4v) is 2.56. The lowest BCUT2D eigenvalue weighted by Crippen LogP contribution is -2.17. The average Bonchev–Trinajstić information content (AvgIpc) is 3.12. The molecule has 0 unspecified atom stereocenters. The lowest BCUT2D eigenvalue weighted by atomic mass is 9.98. The van der Waals surface area contributed by atoms with Crippen molar-refractivity contribution in [3.05, 3.63) is 100 Å². The third-order valence-electron chi connectivity index (χ3n) is 3.57. The van der Waals surface area contributed by atoms with E-state index in [1.54, 1.807) is 6.33 Å². The number of esters is 1. The van der Waals surface area contributed by atoms with Gasteiger partial charge in [-0.2, -0.15) is 0 Å². The molecular formula is C18H17N3O5. The Kier molecular flexibility index (Phi) is 6.44. The molecule has 8 heteroatoms. The molecule has 1 heterocycles. The summed E-state index contributed by atoms with van der Waals surface area (Å²) in [6.07, 6.45) is 3.20. The van der Waals surface area contributed by atoms with Crippen LogP contribution in [0, 0.1) is 10.1 Å². The molecule has 0 aliphatic rings. The number of aromatic nitrogens is 2. The Balaban J connectivity index is 0.000000552. The molecule has 8 nitrogen and oxygen atoms in total. The van der Waals surface area contributed by atoms with Crippen LogP contribution in [0.2, 0.25) is 0 Å². The first kappa shape index (κ1) is 18.7. The molecule has 0 atom stereocenters. The van der Waals surface area contributed by atoms with Crippen molar-refractivity contribution in [3.63, 3.8) is 0 Å². The maximum absolute atomic E-state index is 12.0. The van der Waals surface area contributed by atoms with Gasteiger partial charge in [0.1, 0.15) is 5.69 Å². The van der Waals surface area contributed by atoms with Crippen LogP contribution in [0.3, 0.4) is 0 Å². The number of hydrogen-bond donors (Lipinski definition) is 1. The van der Waals surface area contributed by atoms with E-state index in [9.17, 15) is 4.79 Å². The number of nitrogens with zero attached hydrogens (tertiary/aromatic N) is 3. The Bertz CT molecular complexity index is 806. The molecule has 0 spiro atoms. The molecule has 1 N–H and O–H groups in total. The Hall–Kier alpha value is -3.68. The number of carbonyl (C=O) groups is 1. The first-order valence-electron chi connectivity index (χ1n) is 7.58. The largest absolute Gasteiger partial charge is 0.464 e. The van der Waals surface area contributed by atoms with Crippen molar-refractivity contribution in [2.75, 3.05) is 7.11 Å². The monoisotopic (exact) mass is 355 g/mol. The lowest BCUT2D eigenvalue weighted by Gasteiger charge is -2.21. The summed E-state index contributed by atoms with van der Waals surface area (Å²) in [6.45, 7) is 0. The van der Waals surface area contributed by atoms with E-state index in [2.05, 4.69) is 4.98 Å². The quantitative estimate of drug-likeness (QED) is 0.438. The SMILES string of the molecule is COC(=O)c1cncn1C(c1ccccc1)c1ccccc1.O=[N+]([O-])O. The molecular weight excluding hydrogens is 338 g/mol. The van der Waals surface area contributed by atoms with Crippen molar-refractivity contribution in [1.82, 2.24) is 9.55 Å². The fraction of sp³-hybridized carbons (Fsp3) is 0.111. The molecule has 0 aliphatic carbocycles. The number of carbonyl (C=O) groups excluding carboxylic acids is 1. The standard InChI is InChI=1S/C18H16N2O2.HNO3/c1-22-18(21)16-12-19-13-20(16)17(14-8-4-2-5-9-14)15-10-6-3-7-11-15;2-1(3)4/h2-13,17H,1H3;(H,2,3,4). The van der Waals surface area contributed by atoms with Crippen LogP contribution in [0.25, 0.3) is 0 Å². The van der Waals surface area contributed by atoms with Crippen LogP contribution in [-0.4, -0.2) is 32.9 Å².